The van der Waals surface area contributed by atoms with Gasteiger partial charge in [0.05, 0.1) is 18.0 Å². The molecule has 1 amide bonds. The molecule has 5 nitrogen and oxygen atoms in total. The van der Waals surface area contributed by atoms with Crippen molar-refractivity contribution >= 4 is 11.9 Å². The molecular weight excluding hydrogens is 220 g/mol. The van der Waals surface area contributed by atoms with Crippen LogP contribution in [0.3, 0.4) is 0 Å². The Kier molecular flexibility index (Phi) is 3.81. The zero-order chi connectivity index (χ0) is 13.3. The van der Waals surface area contributed by atoms with Crippen LogP contribution in [0, 0.1) is 5.41 Å². The monoisotopic (exact) mass is 242 g/mol. The molecule has 1 saturated carbocycles. The Hall–Kier alpha value is -1.10. The van der Waals surface area contributed by atoms with Crippen molar-refractivity contribution in [2.75, 3.05) is 0 Å². The second-order valence-electron chi connectivity index (χ2n) is 6.04. The highest BCUT2D eigenvalue weighted by atomic mass is 16.4. The van der Waals surface area contributed by atoms with E-state index in [0.717, 1.165) is 19.3 Å². The molecule has 0 unspecified atom stereocenters. The van der Waals surface area contributed by atoms with Gasteiger partial charge in [-0.3, -0.25) is 9.59 Å². The third-order valence-corrected chi connectivity index (χ3v) is 3.40. The summed E-state index contributed by atoms with van der Waals surface area (Å²) in [6, 6.07) is -0.617. The van der Waals surface area contributed by atoms with E-state index in [-0.39, 0.29) is 17.7 Å². The molecule has 98 valence electrons. The van der Waals surface area contributed by atoms with Crippen molar-refractivity contribution in [1.29, 1.82) is 0 Å². The molecule has 0 aromatic heterocycles. The summed E-state index contributed by atoms with van der Waals surface area (Å²) >= 11 is 0. The van der Waals surface area contributed by atoms with Crippen LogP contribution in [0.4, 0.5) is 0 Å². The molecule has 5 heteroatoms. The summed E-state index contributed by atoms with van der Waals surface area (Å²) in [7, 11) is 0. The molecule has 0 aromatic rings. The predicted molar refractivity (Wildman–Crippen MR) is 64.4 cm³/mol. The summed E-state index contributed by atoms with van der Waals surface area (Å²) in [5, 5.41) is 11.7. The quantitative estimate of drug-likeness (QED) is 0.682. The molecule has 1 aliphatic rings. The fraction of sp³-hybridized carbons (Fsp3) is 0.833. The Morgan fingerprint density at radius 3 is 2.24 bits per heavy atom. The average Bonchev–Trinajstić information content (AvgIpc) is 2.10. The van der Waals surface area contributed by atoms with Gasteiger partial charge in [-0.25, -0.2) is 0 Å². The maximum atomic E-state index is 12.0. The van der Waals surface area contributed by atoms with E-state index in [4.69, 9.17) is 10.8 Å². The van der Waals surface area contributed by atoms with Crippen LogP contribution in [0.2, 0.25) is 0 Å². The summed E-state index contributed by atoms with van der Waals surface area (Å²) < 4.78 is 0. The van der Waals surface area contributed by atoms with Gasteiger partial charge in [0.25, 0.3) is 0 Å². The topological polar surface area (TPSA) is 92.4 Å². The molecule has 0 spiro atoms. The Morgan fingerprint density at radius 1 is 1.41 bits per heavy atom. The van der Waals surface area contributed by atoms with E-state index < -0.39 is 17.6 Å². The lowest BCUT2D eigenvalue weighted by Gasteiger charge is -2.43. The van der Waals surface area contributed by atoms with Gasteiger partial charge in [-0.1, -0.05) is 20.8 Å². The normalized spacial score (nSPS) is 20.2. The zero-order valence-electron chi connectivity index (χ0n) is 10.7. The number of rotatable bonds is 4. The second kappa shape index (κ2) is 4.64. The van der Waals surface area contributed by atoms with Crippen LogP contribution in [-0.2, 0) is 9.59 Å². The molecule has 17 heavy (non-hydrogen) atoms. The van der Waals surface area contributed by atoms with Crippen molar-refractivity contribution in [3.05, 3.63) is 0 Å². The lowest BCUT2D eigenvalue weighted by molar-refractivity contribution is -0.140. The molecule has 1 aliphatic carbocycles. The third kappa shape index (κ3) is 3.43. The Balaban J connectivity index is 2.63. The molecule has 0 aromatic carbocycles. The number of carbonyl (C=O) groups is 2. The Morgan fingerprint density at radius 2 is 1.94 bits per heavy atom. The first-order valence-corrected chi connectivity index (χ1v) is 5.96. The molecule has 1 fully saturated rings. The summed E-state index contributed by atoms with van der Waals surface area (Å²) in [4.78, 5) is 22.7. The van der Waals surface area contributed by atoms with E-state index in [2.05, 4.69) is 5.32 Å². The van der Waals surface area contributed by atoms with Crippen molar-refractivity contribution in [3.63, 3.8) is 0 Å². The van der Waals surface area contributed by atoms with Crippen LogP contribution in [0.15, 0.2) is 0 Å². The van der Waals surface area contributed by atoms with Gasteiger partial charge >= 0.3 is 5.97 Å². The lowest BCUT2D eigenvalue weighted by Crippen LogP contribution is -2.60. The summed E-state index contributed by atoms with van der Waals surface area (Å²) in [5.74, 6) is -1.13. The number of aliphatic carboxylic acids is 1. The number of carbonyl (C=O) groups excluding carboxylic acids is 1. The molecule has 0 radical (unpaired) electrons. The van der Waals surface area contributed by atoms with Crippen LogP contribution in [-0.4, -0.2) is 28.6 Å². The maximum Gasteiger partial charge on any atom is 0.305 e. The Bertz CT molecular complexity index is 316. The smallest absolute Gasteiger partial charge is 0.305 e. The first kappa shape index (κ1) is 14.0. The van der Waals surface area contributed by atoms with Gasteiger partial charge in [-0.15, -0.1) is 0 Å². The first-order valence-electron chi connectivity index (χ1n) is 5.96. The number of hydrogen-bond donors (Lipinski definition) is 3. The van der Waals surface area contributed by atoms with Crippen LogP contribution < -0.4 is 11.1 Å². The van der Waals surface area contributed by atoms with E-state index in [0.29, 0.717) is 0 Å². The van der Waals surface area contributed by atoms with Crippen molar-refractivity contribution < 1.29 is 14.7 Å². The minimum atomic E-state index is -0.880. The van der Waals surface area contributed by atoms with Crippen molar-refractivity contribution in [2.45, 2.75) is 58.0 Å². The van der Waals surface area contributed by atoms with Gasteiger partial charge in [-0.05, 0) is 24.7 Å². The largest absolute Gasteiger partial charge is 0.481 e. The number of carboxylic acids is 1. The van der Waals surface area contributed by atoms with E-state index in [1.807, 2.05) is 20.8 Å². The standard InChI is InChI=1S/C12H22N2O3/c1-11(2,3)9(13)10(17)14-12(5-4-6-12)7-8(15)16/h9H,4-7,13H2,1-3H3,(H,14,17)(H,15,16)/t9-/m0/s1. The number of amides is 1. The Labute approximate surface area is 102 Å². The highest BCUT2D eigenvalue weighted by Gasteiger charge is 2.42. The highest BCUT2D eigenvalue weighted by Crippen LogP contribution is 2.35. The number of nitrogens with two attached hydrogens (primary N) is 1. The molecule has 0 bridgehead atoms. The van der Waals surface area contributed by atoms with Crippen LogP contribution >= 0.6 is 0 Å². The molecule has 1 atom stereocenters. The lowest BCUT2D eigenvalue weighted by atomic mass is 9.73. The number of hydrogen-bond acceptors (Lipinski definition) is 3. The van der Waals surface area contributed by atoms with E-state index in [1.165, 1.54) is 0 Å². The van der Waals surface area contributed by atoms with E-state index in [9.17, 15) is 9.59 Å². The first-order chi connectivity index (χ1) is 7.66. The fourth-order valence-electron chi connectivity index (χ4n) is 1.97. The minimum absolute atomic E-state index is 0.0183. The average molecular weight is 242 g/mol. The highest BCUT2D eigenvalue weighted by molar-refractivity contribution is 5.84. The van der Waals surface area contributed by atoms with Gasteiger partial charge < -0.3 is 16.2 Å². The molecule has 0 aliphatic heterocycles. The summed E-state index contributed by atoms with van der Waals surface area (Å²) in [5.41, 5.74) is 4.97. The van der Waals surface area contributed by atoms with Gasteiger partial charge in [0, 0.05) is 0 Å². The van der Waals surface area contributed by atoms with E-state index >= 15 is 0 Å². The van der Waals surface area contributed by atoms with Crippen molar-refractivity contribution in [2.24, 2.45) is 11.1 Å². The molecule has 0 heterocycles. The van der Waals surface area contributed by atoms with Gasteiger partial charge in [0.15, 0.2) is 0 Å². The fourth-order valence-corrected chi connectivity index (χ4v) is 1.97. The maximum absolute atomic E-state index is 12.0. The van der Waals surface area contributed by atoms with Crippen LogP contribution in [0.25, 0.3) is 0 Å². The second-order valence-corrected chi connectivity index (χ2v) is 6.04. The van der Waals surface area contributed by atoms with Gasteiger partial charge in [0.1, 0.15) is 0 Å². The van der Waals surface area contributed by atoms with E-state index in [1.54, 1.807) is 0 Å². The third-order valence-electron chi connectivity index (χ3n) is 3.40. The molecule has 0 saturated heterocycles. The summed E-state index contributed by atoms with van der Waals surface area (Å²) in [6.07, 6.45) is 2.39. The predicted octanol–water partition coefficient (Wildman–Crippen LogP) is 0.873. The van der Waals surface area contributed by atoms with Gasteiger partial charge in [-0.2, -0.15) is 0 Å². The van der Waals surface area contributed by atoms with Crippen LogP contribution in [0.5, 0.6) is 0 Å². The van der Waals surface area contributed by atoms with Crippen molar-refractivity contribution in [1.82, 2.24) is 5.32 Å². The molecular formula is C12H22N2O3. The number of carboxylic acid groups (broad SMARTS) is 1. The summed E-state index contributed by atoms with van der Waals surface area (Å²) in [6.45, 7) is 5.67. The minimum Gasteiger partial charge on any atom is -0.481 e. The SMILES string of the molecule is CC(C)(C)[C@@H](N)C(=O)NC1(CC(=O)O)CCC1. The molecule has 4 N–H and O–H groups in total. The zero-order valence-corrected chi connectivity index (χ0v) is 10.7. The molecule has 1 rings (SSSR count). The van der Waals surface area contributed by atoms with Crippen LogP contribution in [0.1, 0.15) is 46.5 Å². The number of nitrogens with one attached hydrogen (secondary N) is 1. The van der Waals surface area contributed by atoms with Gasteiger partial charge in [0.2, 0.25) is 5.91 Å². The van der Waals surface area contributed by atoms with Crippen molar-refractivity contribution in [3.8, 4) is 0 Å².